The van der Waals surface area contributed by atoms with Crippen molar-refractivity contribution in [1.29, 1.82) is 0 Å². The van der Waals surface area contributed by atoms with Gasteiger partial charge in [-0.05, 0) is 12.8 Å². The van der Waals surface area contributed by atoms with Crippen molar-refractivity contribution in [2.45, 2.75) is 31.3 Å². The first kappa shape index (κ1) is 9.81. The molecule has 0 aliphatic carbocycles. The van der Waals surface area contributed by atoms with Gasteiger partial charge in [-0.3, -0.25) is 4.79 Å². The summed E-state index contributed by atoms with van der Waals surface area (Å²) in [6.07, 6.45) is 3.12. The molecule has 2 saturated heterocycles. The lowest BCUT2D eigenvalue weighted by molar-refractivity contribution is -0.129. The molecule has 0 saturated carbocycles. The highest BCUT2D eigenvalue weighted by Crippen LogP contribution is 2.19. The van der Waals surface area contributed by atoms with Crippen LogP contribution < -0.4 is 5.32 Å². The smallest absolute Gasteiger partial charge is 0.223 e. The zero-order chi connectivity index (χ0) is 7.84. The van der Waals surface area contributed by atoms with Crippen molar-refractivity contribution in [3.05, 3.63) is 0 Å². The van der Waals surface area contributed by atoms with Crippen LogP contribution in [0.25, 0.3) is 0 Å². The second-order valence-electron chi connectivity index (χ2n) is 3.62. The maximum atomic E-state index is 11.3. The van der Waals surface area contributed by atoms with Crippen molar-refractivity contribution < 1.29 is 4.79 Å². The molecule has 1 N–H and O–H groups in total. The number of carbonyl (C=O) groups excluding carboxylic acids is 1. The number of rotatable bonds is 0. The first-order valence-electron chi connectivity index (χ1n) is 4.26. The van der Waals surface area contributed by atoms with Gasteiger partial charge in [-0.25, -0.2) is 0 Å². The monoisotopic (exact) mass is 190 g/mol. The van der Waals surface area contributed by atoms with Gasteiger partial charge in [0.05, 0.1) is 0 Å². The molecule has 70 valence electrons. The summed E-state index contributed by atoms with van der Waals surface area (Å²) < 4.78 is 0. The number of nitrogens with one attached hydrogen (secondary N) is 1. The first-order valence-corrected chi connectivity index (χ1v) is 4.26. The molecule has 0 radical (unpaired) electrons. The van der Waals surface area contributed by atoms with Crippen LogP contribution in [0.2, 0.25) is 0 Å². The Balaban J connectivity index is 0.000000720. The summed E-state index contributed by atoms with van der Waals surface area (Å²) in [7, 11) is 1.89. The highest BCUT2D eigenvalue weighted by atomic mass is 35.5. The van der Waals surface area contributed by atoms with Crippen LogP contribution in [-0.4, -0.2) is 36.5 Å². The molecule has 2 heterocycles. The van der Waals surface area contributed by atoms with E-state index in [1.165, 1.54) is 12.8 Å². The summed E-state index contributed by atoms with van der Waals surface area (Å²) in [6.45, 7) is 0.898. The summed E-state index contributed by atoms with van der Waals surface area (Å²) in [5.74, 6) is 0.296. The van der Waals surface area contributed by atoms with Crippen LogP contribution in [0.4, 0.5) is 0 Å². The number of carbonyl (C=O) groups is 1. The van der Waals surface area contributed by atoms with Gasteiger partial charge in [-0.1, -0.05) is 0 Å². The van der Waals surface area contributed by atoms with E-state index in [1.54, 1.807) is 0 Å². The zero-order valence-electron chi connectivity index (χ0n) is 7.25. The molecule has 0 unspecified atom stereocenters. The highest BCUT2D eigenvalue weighted by molar-refractivity contribution is 5.85. The molecule has 0 spiro atoms. The maximum absolute atomic E-state index is 11.3. The van der Waals surface area contributed by atoms with E-state index < -0.39 is 0 Å². The molecular weight excluding hydrogens is 176 g/mol. The van der Waals surface area contributed by atoms with E-state index in [9.17, 15) is 4.79 Å². The largest absolute Gasteiger partial charge is 0.344 e. The average Bonchev–Trinajstić information content (AvgIpc) is 2.30. The second-order valence-corrected chi connectivity index (χ2v) is 3.62. The Morgan fingerprint density at radius 2 is 2.08 bits per heavy atom. The Labute approximate surface area is 78.9 Å². The van der Waals surface area contributed by atoms with Gasteiger partial charge in [0.1, 0.15) is 0 Å². The van der Waals surface area contributed by atoms with Crippen LogP contribution in [0.15, 0.2) is 0 Å². The normalized spacial score (nSPS) is 34.4. The zero-order valence-corrected chi connectivity index (χ0v) is 8.06. The topological polar surface area (TPSA) is 32.3 Å². The standard InChI is InChI=1S/C8H14N2O.ClH/c1-10-5-7-3-2-6(9-7)4-8(10)11;/h6-7,9H,2-5H2,1H3;1H/t6-,7+;/m1./s1. The lowest BCUT2D eigenvalue weighted by atomic mass is 10.1. The third kappa shape index (κ3) is 1.72. The number of likely N-dealkylation sites (N-methyl/N-ethyl adjacent to an activating group) is 1. The predicted octanol–water partition coefficient (Wildman–Crippen LogP) is 0.391. The molecule has 2 aliphatic heterocycles. The number of nitrogens with zero attached hydrogens (tertiary/aromatic N) is 1. The molecule has 2 aliphatic rings. The molecule has 0 aromatic rings. The molecule has 4 heteroatoms. The Bertz CT molecular complexity index is 186. The fourth-order valence-corrected chi connectivity index (χ4v) is 2.01. The third-order valence-corrected chi connectivity index (χ3v) is 2.68. The van der Waals surface area contributed by atoms with E-state index in [0.717, 1.165) is 6.54 Å². The second kappa shape index (κ2) is 3.62. The molecule has 2 rings (SSSR count). The van der Waals surface area contributed by atoms with E-state index >= 15 is 0 Å². The number of halogens is 1. The average molecular weight is 191 g/mol. The van der Waals surface area contributed by atoms with Crippen LogP contribution >= 0.6 is 12.4 Å². The van der Waals surface area contributed by atoms with Crippen molar-refractivity contribution >= 4 is 18.3 Å². The van der Waals surface area contributed by atoms with Gasteiger partial charge in [0.2, 0.25) is 5.91 Å². The van der Waals surface area contributed by atoms with Crippen molar-refractivity contribution in [3.8, 4) is 0 Å². The lowest BCUT2D eigenvalue weighted by Crippen LogP contribution is -2.34. The van der Waals surface area contributed by atoms with Crippen LogP contribution in [0.3, 0.4) is 0 Å². The molecule has 3 nitrogen and oxygen atoms in total. The third-order valence-electron chi connectivity index (χ3n) is 2.68. The minimum absolute atomic E-state index is 0. The van der Waals surface area contributed by atoms with E-state index in [4.69, 9.17) is 0 Å². The van der Waals surface area contributed by atoms with Crippen molar-refractivity contribution in [3.63, 3.8) is 0 Å². The Morgan fingerprint density at radius 3 is 2.83 bits per heavy atom. The molecule has 1 amide bonds. The van der Waals surface area contributed by atoms with Crippen molar-refractivity contribution in [2.75, 3.05) is 13.6 Å². The fraction of sp³-hybridized carbons (Fsp3) is 0.875. The summed E-state index contributed by atoms with van der Waals surface area (Å²) in [4.78, 5) is 13.1. The van der Waals surface area contributed by atoms with E-state index in [2.05, 4.69) is 5.32 Å². The molecule has 12 heavy (non-hydrogen) atoms. The van der Waals surface area contributed by atoms with Crippen LogP contribution in [-0.2, 0) is 4.79 Å². The van der Waals surface area contributed by atoms with E-state index in [1.807, 2.05) is 11.9 Å². The van der Waals surface area contributed by atoms with Crippen LogP contribution in [0.5, 0.6) is 0 Å². The summed E-state index contributed by atoms with van der Waals surface area (Å²) in [5, 5.41) is 3.45. The minimum atomic E-state index is 0. The van der Waals surface area contributed by atoms with Gasteiger partial charge < -0.3 is 10.2 Å². The van der Waals surface area contributed by atoms with Gasteiger partial charge in [-0.15, -0.1) is 12.4 Å². The quantitative estimate of drug-likeness (QED) is 0.600. The number of likely N-dealkylation sites (tertiary alicyclic amines) is 1. The number of amides is 1. The molecule has 2 atom stereocenters. The molecule has 0 aromatic carbocycles. The summed E-state index contributed by atoms with van der Waals surface area (Å²) in [6, 6.07) is 1.04. The van der Waals surface area contributed by atoms with Crippen LogP contribution in [0, 0.1) is 0 Å². The van der Waals surface area contributed by atoms with E-state index in [0.29, 0.717) is 24.4 Å². The number of hydrogen-bond donors (Lipinski definition) is 1. The summed E-state index contributed by atoms with van der Waals surface area (Å²) in [5.41, 5.74) is 0. The van der Waals surface area contributed by atoms with Crippen molar-refractivity contribution in [2.24, 2.45) is 0 Å². The van der Waals surface area contributed by atoms with Crippen LogP contribution in [0.1, 0.15) is 19.3 Å². The van der Waals surface area contributed by atoms with Gasteiger partial charge in [0.15, 0.2) is 0 Å². The number of fused-ring (bicyclic) bond motifs is 2. The highest BCUT2D eigenvalue weighted by Gasteiger charge is 2.31. The van der Waals surface area contributed by atoms with Crippen molar-refractivity contribution in [1.82, 2.24) is 10.2 Å². The van der Waals surface area contributed by atoms with E-state index in [-0.39, 0.29) is 12.4 Å². The molecular formula is C8H15ClN2O. The maximum Gasteiger partial charge on any atom is 0.223 e. The fourth-order valence-electron chi connectivity index (χ4n) is 2.01. The minimum Gasteiger partial charge on any atom is -0.344 e. The van der Waals surface area contributed by atoms with Gasteiger partial charge in [0, 0.05) is 32.1 Å². The molecule has 0 aromatic heterocycles. The van der Waals surface area contributed by atoms with Gasteiger partial charge >= 0.3 is 0 Å². The first-order chi connectivity index (χ1) is 5.25. The molecule has 2 fully saturated rings. The summed E-state index contributed by atoms with van der Waals surface area (Å²) >= 11 is 0. The Morgan fingerprint density at radius 1 is 1.42 bits per heavy atom. The molecule has 2 bridgehead atoms. The predicted molar refractivity (Wildman–Crippen MR) is 49.4 cm³/mol. The SMILES string of the molecule is CN1C[C@@H]2CC[C@H](CC1=O)N2.Cl. The Hall–Kier alpha value is -0.280. The number of hydrogen-bond acceptors (Lipinski definition) is 2. The Kier molecular flexibility index (Phi) is 2.96. The lowest BCUT2D eigenvalue weighted by Gasteiger charge is -2.18. The van der Waals surface area contributed by atoms with Gasteiger partial charge in [-0.2, -0.15) is 0 Å². The van der Waals surface area contributed by atoms with Gasteiger partial charge in [0.25, 0.3) is 0 Å².